The molecule has 3 aromatic heterocycles. The van der Waals surface area contributed by atoms with Gasteiger partial charge in [-0.25, -0.2) is 4.68 Å². The molecule has 1 fully saturated rings. The summed E-state index contributed by atoms with van der Waals surface area (Å²) in [5.74, 6) is 0.620. The van der Waals surface area contributed by atoms with E-state index in [1.807, 2.05) is 28.8 Å². The van der Waals surface area contributed by atoms with Crippen LogP contribution >= 0.6 is 11.3 Å². The number of likely N-dealkylation sites (N-methyl/N-ethyl adjacent to an activating group) is 1. The molecule has 1 N–H and O–H groups in total. The van der Waals surface area contributed by atoms with Crippen LogP contribution in [0.2, 0.25) is 0 Å². The highest BCUT2D eigenvalue weighted by atomic mass is 32.1. The maximum Gasteiger partial charge on any atom is 0.291 e. The molecule has 7 nitrogen and oxygen atoms in total. The minimum absolute atomic E-state index is 0.0473. The standard InChI is InChI=1S/C21H29N5O2S/c1-3-19-23-25(21(28)17-13-18-16(26(17)19)9-12-29-18)14-20(27)22-10-11-24(2)15-7-5-4-6-8-15/h9,12-13,15H,3-8,10-11,14H2,1-2H3,(H,22,27). The molecule has 0 saturated heterocycles. The fourth-order valence-corrected chi connectivity index (χ4v) is 5.13. The number of hydrogen-bond donors (Lipinski definition) is 1. The summed E-state index contributed by atoms with van der Waals surface area (Å²) in [5.41, 5.74) is 1.37. The van der Waals surface area contributed by atoms with E-state index in [4.69, 9.17) is 0 Å². The van der Waals surface area contributed by atoms with Crippen molar-refractivity contribution >= 4 is 33.0 Å². The molecule has 0 aromatic carbocycles. The topological polar surface area (TPSA) is 71.6 Å². The van der Waals surface area contributed by atoms with E-state index in [0.717, 1.165) is 22.6 Å². The van der Waals surface area contributed by atoms with Crippen LogP contribution in [0, 0.1) is 0 Å². The maximum absolute atomic E-state index is 12.9. The second-order valence-electron chi connectivity index (χ2n) is 7.89. The molecule has 29 heavy (non-hydrogen) atoms. The average molecular weight is 416 g/mol. The lowest BCUT2D eigenvalue weighted by atomic mass is 9.94. The molecule has 3 heterocycles. The van der Waals surface area contributed by atoms with E-state index in [1.165, 1.54) is 36.8 Å². The lowest BCUT2D eigenvalue weighted by Crippen LogP contribution is -2.41. The molecule has 1 aliphatic carbocycles. The van der Waals surface area contributed by atoms with E-state index in [9.17, 15) is 9.59 Å². The summed E-state index contributed by atoms with van der Waals surface area (Å²) in [6.45, 7) is 3.38. The highest BCUT2D eigenvalue weighted by Crippen LogP contribution is 2.24. The second-order valence-corrected chi connectivity index (χ2v) is 8.84. The minimum atomic E-state index is -0.222. The van der Waals surface area contributed by atoms with E-state index in [0.29, 0.717) is 24.5 Å². The summed E-state index contributed by atoms with van der Waals surface area (Å²) < 4.78 is 4.28. The first-order chi connectivity index (χ1) is 14.1. The Labute approximate surface area is 174 Å². The number of rotatable bonds is 7. The summed E-state index contributed by atoms with van der Waals surface area (Å²) in [6.07, 6.45) is 7.12. The number of carbonyl (C=O) groups excluding carboxylic acids is 1. The first-order valence-electron chi connectivity index (χ1n) is 10.5. The third-order valence-corrected chi connectivity index (χ3v) is 6.82. The molecule has 0 bridgehead atoms. The zero-order valence-electron chi connectivity index (χ0n) is 17.2. The van der Waals surface area contributed by atoms with E-state index >= 15 is 0 Å². The molecule has 3 aromatic rings. The Kier molecular flexibility index (Phi) is 6.01. The molecular weight excluding hydrogens is 386 g/mol. The van der Waals surface area contributed by atoms with Crippen LogP contribution in [0.4, 0.5) is 0 Å². The third kappa shape index (κ3) is 4.09. The lowest BCUT2D eigenvalue weighted by Gasteiger charge is -2.31. The molecule has 1 aliphatic rings. The molecule has 156 valence electrons. The molecule has 0 spiro atoms. The Morgan fingerprint density at radius 1 is 1.31 bits per heavy atom. The Balaban J connectivity index is 1.42. The second kappa shape index (κ2) is 8.67. The van der Waals surface area contributed by atoms with Crippen LogP contribution in [-0.2, 0) is 17.8 Å². The molecular formula is C21H29N5O2S. The Bertz CT molecular complexity index is 1060. The van der Waals surface area contributed by atoms with E-state index in [1.54, 1.807) is 11.3 Å². The molecule has 4 rings (SSSR count). The largest absolute Gasteiger partial charge is 0.353 e. The molecule has 0 aliphatic heterocycles. The van der Waals surface area contributed by atoms with Crippen LogP contribution in [0.5, 0.6) is 0 Å². The highest BCUT2D eigenvalue weighted by Gasteiger charge is 2.18. The number of amides is 1. The van der Waals surface area contributed by atoms with Gasteiger partial charge in [-0.1, -0.05) is 26.2 Å². The van der Waals surface area contributed by atoms with Crippen molar-refractivity contribution in [2.24, 2.45) is 0 Å². The number of nitrogens with zero attached hydrogens (tertiary/aromatic N) is 4. The molecule has 0 atom stereocenters. The van der Waals surface area contributed by atoms with Gasteiger partial charge in [-0.2, -0.15) is 5.10 Å². The van der Waals surface area contributed by atoms with Gasteiger partial charge in [0.1, 0.15) is 17.9 Å². The van der Waals surface area contributed by atoms with E-state index < -0.39 is 0 Å². The van der Waals surface area contributed by atoms with Crippen LogP contribution in [0.25, 0.3) is 15.7 Å². The van der Waals surface area contributed by atoms with Gasteiger partial charge in [-0.05, 0) is 37.4 Å². The van der Waals surface area contributed by atoms with Gasteiger partial charge < -0.3 is 10.2 Å². The highest BCUT2D eigenvalue weighted by molar-refractivity contribution is 7.17. The van der Waals surface area contributed by atoms with Crippen molar-refractivity contribution in [2.45, 2.75) is 58.0 Å². The van der Waals surface area contributed by atoms with Crippen LogP contribution < -0.4 is 10.9 Å². The number of hydrogen-bond acceptors (Lipinski definition) is 5. The van der Waals surface area contributed by atoms with Gasteiger partial charge in [0.05, 0.1) is 10.2 Å². The SMILES string of the molecule is CCc1nn(CC(=O)NCCN(C)C2CCCCC2)c(=O)c2cc3sccc3n12. The van der Waals surface area contributed by atoms with Gasteiger partial charge in [-0.3, -0.25) is 14.0 Å². The van der Waals surface area contributed by atoms with Gasteiger partial charge in [0.2, 0.25) is 5.91 Å². The van der Waals surface area contributed by atoms with Crippen molar-refractivity contribution in [3.8, 4) is 0 Å². The zero-order chi connectivity index (χ0) is 20.4. The van der Waals surface area contributed by atoms with Crippen molar-refractivity contribution in [1.29, 1.82) is 0 Å². The first kappa shape index (κ1) is 20.1. The number of nitrogens with one attached hydrogen (secondary N) is 1. The molecule has 1 amide bonds. The Morgan fingerprint density at radius 3 is 2.86 bits per heavy atom. The smallest absolute Gasteiger partial charge is 0.291 e. The fourth-order valence-electron chi connectivity index (χ4n) is 4.33. The van der Waals surface area contributed by atoms with Gasteiger partial charge in [0, 0.05) is 25.6 Å². The van der Waals surface area contributed by atoms with Gasteiger partial charge in [0.25, 0.3) is 5.56 Å². The number of fused-ring (bicyclic) bond motifs is 3. The molecule has 0 radical (unpaired) electrons. The van der Waals surface area contributed by atoms with Crippen LogP contribution in [0.3, 0.4) is 0 Å². The number of carbonyl (C=O) groups is 1. The van der Waals surface area contributed by atoms with Crippen molar-refractivity contribution in [2.75, 3.05) is 20.1 Å². The van der Waals surface area contributed by atoms with Crippen molar-refractivity contribution < 1.29 is 4.79 Å². The predicted octanol–water partition coefficient (Wildman–Crippen LogP) is 2.65. The van der Waals surface area contributed by atoms with Crippen molar-refractivity contribution in [3.63, 3.8) is 0 Å². The number of aromatic nitrogens is 3. The van der Waals surface area contributed by atoms with Crippen LogP contribution in [0.15, 0.2) is 22.3 Å². The summed E-state index contributed by atoms with van der Waals surface area (Å²) in [4.78, 5) is 27.7. The summed E-state index contributed by atoms with van der Waals surface area (Å²) in [7, 11) is 2.13. The minimum Gasteiger partial charge on any atom is -0.353 e. The Morgan fingerprint density at radius 2 is 2.10 bits per heavy atom. The maximum atomic E-state index is 12.9. The van der Waals surface area contributed by atoms with Gasteiger partial charge >= 0.3 is 0 Å². The first-order valence-corrected chi connectivity index (χ1v) is 11.4. The van der Waals surface area contributed by atoms with E-state index in [-0.39, 0.29) is 18.0 Å². The lowest BCUT2D eigenvalue weighted by molar-refractivity contribution is -0.122. The molecule has 8 heteroatoms. The zero-order valence-corrected chi connectivity index (χ0v) is 18.0. The van der Waals surface area contributed by atoms with Gasteiger partial charge in [0.15, 0.2) is 0 Å². The number of aryl methyl sites for hydroxylation is 1. The van der Waals surface area contributed by atoms with Crippen LogP contribution in [0.1, 0.15) is 44.9 Å². The summed E-state index contributed by atoms with van der Waals surface area (Å²) in [5, 5.41) is 9.44. The monoisotopic (exact) mass is 415 g/mol. The number of thiophene rings is 1. The van der Waals surface area contributed by atoms with E-state index in [2.05, 4.69) is 22.4 Å². The van der Waals surface area contributed by atoms with Crippen molar-refractivity contribution in [3.05, 3.63) is 33.7 Å². The molecule has 1 saturated carbocycles. The fraction of sp³-hybridized carbons (Fsp3) is 0.571. The van der Waals surface area contributed by atoms with Crippen LogP contribution in [-0.4, -0.2) is 51.2 Å². The Hall–Kier alpha value is -2.19. The normalized spacial score (nSPS) is 15.6. The molecule has 0 unspecified atom stereocenters. The quantitative estimate of drug-likeness (QED) is 0.644. The van der Waals surface area contributed by atoms with Gasteiger partial charge in [-0.15, -0.1) is 11.3 Å². The summed E-state index contributed by atoms with van der Waals surface area (Å²) >= 11 is 1.61. The van der Waals surface area contributed by atoms with Crippen molar-refractivity contribution in [1.82, 2.24) is 24.4 Å². The summed E-state index contributed by atoms with van der Waals surface area (Å²) in [6, 6.07) is 4.53. The predicted molar refractivity (Wildman–Crippen MR) is 117 cm³/mol. The average Bonchev–Trinajstić information content (AvgIpc) is 3.32. The third-order valence-electron chi connectivity index (χ3n) is 5.97.